The van der Waals surface area contributed by atoms with Crippen molar-refractivity contribution in [3.8, 4) is 0 Å². The van der Waals surface area contributed by atoms with Crippen LogP contribution in [0.4, 0.5) is 0 Å². The highest BCUT2D eigenvalue weighted by Gasteiger charge is 2.11. The quantitative estimate of drug-likeness (QED) is 0.578. The Kier molecular flexibility index (Phi) is 8.33. The molecule has 1 unspecified atom stereocenters. The lowest BCUT2D eigenvalue weighted by atomic mass is 10.2. The molecule has 4 nitrogen and oxygen atoms in total. The normalized spacial score (nSPS) is 12.5. The van der Waals surface area contributed by atoms with Gasteiger partial charge in [-0.15, -0.1) is 0 Å². The second-order valence-electron chi connectivity index (χ2n) is 3.94. The minimum atomic E-state index is 0.222. The van der Waals surface area contributed by atoms with Crippen LogP contribution >= 0.6 is 0 Å². The summed E-state index contributed by atoms with van der Waals surface area (Å²) in [7, 11) is 3.80. The molecular formula is C11H25N3O. The van der Waals surface area contributed by atoms with E-state index < -0.39 is 0 Å². The fourth-order valence-corrected chi connectivity index (χ4v) is 1.46. The molecule has 0 aromatic rings. The predicted molar refractivity (Wildman–Crippen MR) is 63.9 cm³/mol. The summed E-state index contributed by atoms with van der Waals surface area (Å²) >= 11 is 0. The molecule has 0 heterocycles. The second-order valence-corrected chi connectivity index (χ2v) is 3.94. The fourth-order valence-electron chi connectivity index (χ4n) is 1.46. The summed E-state index contributed by atoms with van der Waals surface area (Å²) in [5.41, 5.74) is 0. The summed E-state index contributed by atoms with van der Waals surface area (Å²) < 4.78 is 0. The fraction of sp³-hybridized carbons (Fsp3) is 0.909. The number of carbonyl (C=O) groups excluding carboxylic acids is 1. The maximum absolute atomic E-state index is 11.7. The first-order chi connectivity index (χ1) is 7.11. The third kappa shape index (κ3) is 7.33. The van der Waals surface area contributed by atoms with Crippen molar-refractivity contribution < 1.29 is 4.79 Å². The molecule has 2 N–H and O–H groups in total. The van der Waals surface area contributed by atoms with Crippen LogP contribution in [-0.4, -0.2) is 50.6 Å². The first-order valence-electron chi connectivity index (χ1n) is 5.73. The molecular weight excluding hydrogens is 190 g/mol. The Morgan fingerprint density at radius 3 is 2.67 bits per heavy atom. The van der Waals surface area contributed by atoms with Gasteiger partial charge in [-0.3, -0.25) is 4.79 Å². The molecule has 0 aliphatic rings. The van der Waals surface area contributed by atoms with Crippen molar-refractivity contribution in [3.63, 3.8) is 0 Å². The molecule has 0 bridgehead atoms. The zero-order valence-corrected chi connectivity index (χ0v) is 10.5. The van der Waals surface area contributed by atoms with Crippen LogP contribution in [0.15, 0.2) is 0 Å². The smallest absolute Gasteiger partial charge is 0.223 e. The molecule has 1 atom stereocenters. The van der Waals surface area contributed by atoms with Gasteiger partial charge in [-0.25, -0.2) is 0 Å². The zero-order valence-electron chi connectivity index (χ0n) is 10.5. The van der Waals surface area contributed by atoms with Crippen molar-refractivity contribution in [1.29, 1.82) is 0 Å². The minimum Gasteiger partial charge on any atom is -0.346 e. The van der Waals surface area contributed by atoms with Crippen LogP contribution in [0.5, 0.6) is 0 Å². The lowest BCUT2D eigenvalue weighted by Crippen LogP contribution is -2.35. The van der Waals surface area contributed by atoms with Crippen LogP contribution in [-0.2, 0) is 4.79 Å². The van der Waals surface area contributed by atoms with E-state index in [-0.39, 0.29) is 11.9 Å². The first-order valence-corrected chi connectivity index (χ1v) is 5.73. The van der Waals surface area contributed by atoms with Gasteiger partial charge in [0, 0.05) is 26.1 Å². The molecule has 90 valence electrons. The molecule has 0 radical (unpaired) electrons. The maximum Gasteiger partial charge on any atom is 0.223 e. The molecule has 0 spiro atoms. The first kappa shape index (κ1) is 14.4. The third-order valence-electron chi connectivity index (χ3n) is 2.38. The average Bonchev–Trinajstić information content (AvgIpc) is 2.18. The lowest BCUT2D eigenvalue weighted by molar-refractivity contribution is -0.130. The van der Waals surface area contributed by atoms with Gasteiger partial charge in [0.25, 0.3) is 0 Å². The summed E-state index contributed by atoms with van der Waals surface area (Å²) in [5.74, 6) is 0.222. The standard InChI is InChI=1S/C11H25N3O/c1-5-13-10(2)9-11(15)14(4)8-6-7-12-3/h10,12-13H,5-9H2,1-4H3. The van der Waals surface area contributed by atoms with E-state index in [0.29, 0.717) is 6.42 Å². The van der Waals surface area contributed by atoms with Gasteiger partial charge < -0.3 is 15.5 Å². The zero-order chi connectivity index (χ0) is 11.7. The Hall–Kier alpha value is -0.610. The number of nitrogens with one attached hydrogen (secondary N) is 2. The molecule has 0 rings (SSSR count). The maximum atomic E-state index is 11.7. The van der Waals surface area contributed by atoms with Crippen LogP contribution in [0.2, 0.25) is 0 Å². The van der Waals surface area contributed by atoms with Gasteiger partial charge in [-0.2, -0.15) is 0 Å². The number of hydrogen-bond acceptors (Lipinski definition) is 3. The van der Waals surface area contributed by atoms with Gasteiger partial charge in [0.2, 0.25) is 5.91 Å². The van der Waals surface area contributed by atoms with E-state index in [1.54, 1.807) is 0 Å². The second kappa shape index (κ2) is 8.68. The van der Waals surface area contributed by atoms with Gasteiger partial charge in [-0.1, -0.05) is 6.92 Å². The van der Waals surface area contributed by atoms with E-state index in [9.17, 15) is 4.79 Å². The van der Waals surface area contributed by atoms with Crippen LogP contribution in [0.25, 0.3) is 0 Å². The number of carbonyl (C=O) groups is 1. The topological polar surface area (TPSA) is 44.4 Å². The summed E-state index contributed by atoms with van der Waals surface area (Å²) in [5, 5.41) is 6.31. The highest BCUT2D eigenvalue weighted by atomic mass is 16.2. The van der Waals surface area contributed by atoms with Gasteiger partial charge in [0.05, 0.1) is 0 Å². The Bertz CT molecular complexity index is 173. The van der Waals surface area contributed by atoms with E-state index in [4.69, 9.17) is 0 Å². The molecule has 0 saturated heterocycles. The van der Waals surface area contributed by atoms with Crippen molar-refractivity contribution in [1.82, 2.24) is 15.5 Å². The van der Waals surface area contributed by atoms with Crippen molar-refractivity contribution in [2.24, 2.45) is 0 Å². The summed E-state index contributed by atoms with van der Waals surface area (Å²) in [4.78, 5) is 13.5. The van der Waals surface area contributed by atoms with E-state index in [2.05, 4.69) is 17.6 Å². The van der Waals surface area contributed by atoms with Crippen molar-refractivity contribution in [2.45, 2.75) is 32.7 Å². The van der Waals surface area contributed by atoms with Gasteiger partial charge in [-0.05, 0) is 33.5 Å². The number of rotatable bonds is 8. The SMILES string of the molecule is CCNC(C)CC(=O)N(C)CCCNC. The van der Waals surface area contributed by atoms with Crippen molar-refractivity contribution in [2.75, 3.05) is 33.7 Å². The number of amides is 1. The molecule has 0 saturated carbocycles. The highest BCUT2D eigenvalue weighted by Crippen LogP contribution is 1.97. The molecule has 0 aromatic carbocycles. The molecule has 0 aromatic heterocycles. The minimum absolute atomic E-state index is 0.222. The summed E-state index contributed by atoms with van der Waals surface area (Å²) in [6.07, 6.45) is 1.60. The molecule has 0 fully saturated rings. The van der Waals surface area contributed by atoms with Crippen molar-refractivity contribution in [3.05, 3.63) is 0 Å². The molecule has 0 aliphatic heterocycles. The van der Waals surface area contributed by atoms with Gasteiger partial charge in [0.1, 0.15) is 0 Å². The third-order valence-corrected chi connectivity index (χ3v) is 2.38. The Morgan fingerprint density at radius 1 is 1.47 bits per heavy atom. The largest absolute Gasteiger partial charge is 0.346 e. The Labute approximate surface area is 93.4 Å². The average molecular weight is 215 g/mol. The highest BCUT2D eigenvalue weighted by molar-refractivity contribution is 5.76. The van der Waals surface area contributed by atoms with E-state index in [1.807, 2.05) is 25.9 Å². The van der Waals surface area contributed by atoms with Crippen LogP contribution in [0.1, 0.15) is 26.7 Å². The van der Waals surface area contributed by atoms with Gasteiger partial charge >= 0.3 is 0 Å². The molecule has 4 heteroatoms. The molecule has 15 heavy (non-hydrogen) atoms. The number of nitrogens with zero attached hydrogens (tertiary/aromatic N) is 1. The van der Waals surface area contributed by atoms with Gasteiger partial charge in [0.15, 0.2) is 0 Å². The Morgan fingerprint density at radius 2 is 2.13 bits per heavy atom. The van der Waals surface area contributed by atoms with Crippen LogP contribution in [0.3, 0.4) is 0 Å². The summed E-state index contributed by atoms with van der Waals surface area (Å²) in [6.45, 7) is 6.80. The Balaban J connectivity index is 3.68. The van der Waals surface area contributed by atoms with Crippen molar-refractivity contribution >= 4 is 5.91 Å². The molecule has 1 amide bonds. The van der Waals surface area contributed by atoms with E-state index in [1.165, 1.54) is 0 Å². The van der Waals surface area contributed by atoms with E-state index in [0.717, 1.165) is 26.1 Å². The monoisotopic (exact) mass is 215 g/mol. The van der Waals surface area contributed by atoms with Crippen LogP contribution in [0, 0.1) is 0 Å². The summed E-state index contributed by atoms with van der Waals surface area (Å²) in [6, 6.07) is 0.272. The van der Waals surface area contributed by atoms with E-state index >= 15 is 0 Å². The number of hydrogen-bond donors (Lipinski definition) is 2. The van der Waals surface area contributed by atoms with Crippen LogP contribution < -0.4 is 10.6 Å². The lowest BCUT2D eigenvalue weighted by Gasteiger charge is -2.19. The predicted octanol–water partition coefficient (Wildman–Crippen LogP) is 0.442. The molecule has 0 aliphatic carbocycles.